The number of hydrogen-bond acceptors (Lipinski definition) is 27. The van der Waals surface area contributed by atoms with Crippen LogP contribution in [0.5, 0.6) is 0 Å². The molecule has 6 heterocycles. The maximum absolute atomic E-state index is 15.7. The molecule has 2 aromatic heterocycles. The summed E-state index contributed by atoms with van der Waals surface area (Å²) in [5.74, 6) is -21.0. The maximum Gasteiger partial charge on any atom is 0.317 e. The van der Waals surface area contributed by atoms with E-state index in [0.717, 1.165) is 37.9 Å². The number of nitrogens with two attached hydrogens (primary N) is 2. The van der Waals surface area contributed by atoms with E-state index in [4.69, 9.17) is 16.2 Å². The molecule has 10 rings (SSSR count). The zero-order valence-electron chi connectivity index (χ0n) is 78.6. The number of amides is 15. The van der Waals surface area contributed by atoms with Crippen LogP contribution in [0, 0.1) is 5.92 Å². The number of carboxylic acids is 3. The Kier molecular flexibility index (Phi) is 42.1. The van der Waals surface area contributed by atoms with Crippen LogP contribution in [0.4, 0.5) is 0 Å². The number of unbranched alkanes of at least 4 members (excludes halogenated alkanes) is 1. The second kappa shape index (κ2) is 54.0. The van der Waals surface area contributed by atoms with Crippen molar-refractivity contribution in [3.05, 3.63) is 120 Å². The van der Waals surface area contributed by atoms with Gasteiger partial charge in [-0.15, -0.1) is 0 Å². The minimum atomic E-state index is -2.16. The molecule has 0 saturated carbocycles. The second-order valence-corrected chi connectivity index (χ2v) is 38.0. The van der Waals surface area contributed by atoms with Gasteiger partial charge in [0.1, 0.15) is 72.5 Å². The molecule has 0 radical (unpaired) electrons. The number of ether oxygens (including phenoxy) is 1. The number of para-hydroxylation sites is 2. The number of nitrogens with zero attached hydrogens (tertiary/aromatic N) is 5. The van der Waals surface area contributed by atoms with Crippen molar-refractivity contribution < 1.29 is 111 Å². The number of hydrogen-bond donors (Lipinski definition) is 21. The number of carboxylic acid groups (broad SMARTS) is 3. The molecule has 0 aliphatic carbocycles. The molecule has 14 atom stereocenters. The molecule has 1 unspecified atom stereocenters. The monoisotopic (exact) mass is 1980 g/mol. The predicted octanol–water partition coefficient (Wildman–Crippen LogP) is -3.87. The number of fused-ring (bicyclic) bond motifs is 3. The van der Waals surface area contributed by atoms with E-state index >= 15 is 43.2 Å². The number of aromatic amines is 2. The Hall–Kier alpha value is -12.9. The highest BCUT2D eigenvalue weighted by molar-refractivity contribution is 8.76. The summed E-state index contributed by atoms with van der Waals surface area (Å²) in [4.78, 5) is 273. The summed E-state index contributed by atoms with van der Waals surface area (Å²) >= 11 is 0. The number of H-pyrrole nitrogens is 2. The number of morpholine rings is 1. The smallest absolute Gasteiger partial charge is 0.317 e. The number of carbonyl (C=O) groups excluding carboxylic acids is 15. The molecule has 6 aromatic rings. The van der Waals surface area contributed by atoms with Crippen molar-refractivity contribution in [1.29, 1.82) is 0 Å². The largest absolute Gasteiger partial charge is 0.481 e. The zero-order valence-corrected chi connectivity index (χ0v) is 80.2. The third-order valence-corrected chi connectivity index (χ3v) is 27.2. The molecule has 23 N–H and O–H groups in total. The molecule has 4 aromatic carbocycles. The summed E-state index contributed by atoms with van der Waals surface area (Å²) in [5.41, 5.74) is 14.6. The third-order valence-electron chi connectivity index (χ3n) is 24.8. The van der Waals surface area contributed by atoms with Crippen LogP contribution < -0.4 is 80.6 Å². The van der Waals surface area contributed by atoms with Crippen molar-refractivity contribution in [3.63, 3.8) is 0 Å². The topological polar surface area (TPSA) is 654 Å². The Bertz CT molecular complexity index is 5360. The molecule has 45 nitrogen and oxygen atoms in total. The molecular weight excluding hydrogens is 1860 g/mol. The molecular formula is C93H128N22O23S2. The number of aliphatic hydroxyl groups is 1. The predicted molar refractivity (Wildman–Crippen MR) is 516 cm³/mol. The molecule has 140 heavy (non-hydrogen) atoms. The minimum Gasteiger partial charge on any atom is -0.481 e. The van der Waals surface area contributed by atoms with E-state index < -0.39 is 222 Å². The van der Waals surface area contributed by atoms with E-state index in [2.05, 4.69) is 79.1 Å². The lowest BCUT2D eigenvalue weighted by Crippen LogP contribution is -2.63. The standard InChI is InChI=1S/C93H128N22O23S2/c1-5-53(2)80(109-92(136)81(54(3)116)110-87(131)67(100-55(4)117)41-59-45-98-63-19-10-8-17-61(59)63)91(135)108-73-52-140-139-51-72(89(133)105-70(93(137)115-28-14-22-74(115)82(95)126)42-60-46-99-64-20-11-9-18-62(60)64)107-86(130)69(44-77(120)121)104-83(127)65(21-12-13-25-97-76(119)48-113-33-31-111(49-78(122)123)29-26-96-27-30-112(32-34-113)50-79(124)125)101-84(128)66(40-56-23-24-57-15-6-7-16-58(57)39-56)102-85(129)68(43-75(94)118)103-88(132)71(106-90(73)134)47-114-35-37-138-38-36-114/h6-11,15-20,23-24,39,45-46,53-54,65-74,80-81,96,98-99,116H,5,12-14,21-22,25-38,40-44,47-52H2,1-4H3,(H2,94,118)(H2,95,126)(H,97,119)(H,100,117)(H,101,128)(H,102,129)(H,103,132)(H,104,127)(H,105,133)(H,106,134)(H,107,130)(H,108,135)(H,109,136)(H,110,131)(H,120,121)(H,122,123)(H,124,125)/t53-,54-,65+,66+,67+,68+,69+,70+,71?,72+,73+,74+,80+,81+/m1/s1. The Balaban J connectivity index is 1.02. The van der Waals surface area contributed by atoms with Crippen LogP contribution >= 0.6 is 21.6 Å². The van der Waals surface area contributed by atoms with Gasteiger partial charge in [0.2, 0.25) is 88.6 Å². The third kappa shape index (κ3) is 33.4. The fraction of sp³-hybridized carbons (Fsp3) is 0.527. The summed E-state index contributed by atoms with van der Waals surface area (Å²) < 4.78 is 5.64. The lowest BCUT2D eigenvalue weighted by Gasteiger charge is -2.32. The van der Waals surface area contributed by atoms with Crippen LogP contribution in [0.2, 0.25) is 0 Å². The average molecular weight is 1990 g/mol. The molecule has 4 saturated heterocycles. The Morgan fingerprint density at radius 3 is 1.68 bits per heavy atom. The SMILES string of the molecule is CC[C@@H](C)[C@H](NC(=O)[C@@H](NC(=O)[C@H](Cc1c[nH]c2ccccc12)NC(C)=O)[C@@H](C)O)C(=O)N[C@H]1CSSC[C@@H](C(=O)N[C@@H](Cc2c[nH]c3ccccc23)C(=O)N2CCC[C@H]2C(N)=O)NC(=O)[C@H](CC(=O)O)NC(=O)[C@H](CCCCNC(=O)CN2CCN(CC(=O)O)CCNCCN(CC(=O)O)CC2)NC(=O)[C@H](Cc2ccc3ccccc3c2)NC(=O)[C@H](CC(N)=O)NC(=O)C(CN2CCOCC2)NC1=O. The van der Waals surface area contributed by atoms with E-state index in [0.29, 0.717) is 65.6 Å². The number of primary amides is 2. The Morgan fingerprint density at radius 2 is 1.08 bits per heavy atom. The lowest BCUT2D eigenvalue weighted by molar-refractivity contribution is -0.142. The number of likely N-dealkylation sites (tertiary alicyclic amines) is 1. The van der Waals surface area contributed by atoms with Gasteiger partial charge in [0.25, 0.3) is 0 Å². The second-order valence-electron chi connectivity index (χ2n) is 35.4. The number of aromatic nitrogens is 2. The van der Waals surface area contributed by atoms with Gasteiger partial charge in [-0.05, 0) is 84.5 Å². The lowest BCUT2D eigenvalue weighted by atomic mass is 9.97. The number of carbonyl (C=O) groups is 18. The number of nitrogens with one attached hydrogen (secondary N) is 15. The van der Waals surface area contributed by atoms with Crippen LogP contribution in [-0.2, 0) is 110 Å². The van der Waals surface area contributed by atoms with E-state index in [9.17, 15) is 63.6 Å². The Morgan fingerprint density at radius 1 is 0.536 bits per heavy atom. The number of aliphatic hydroxyl groups excluding tert-OH is 1. The van der Waals surface area contributed by atoms with Gasteiger partial charge < -0.3 is 121 Å². The summed E-state index contributed by atoms with van der Waals surface area (Å²) in [6, 6.07) is 5.82. The van der Waals surface area contributed by atoms with Gasteiger partial charge in [0.05, 0.1) is 51.8 Å². The van der Waals surface area contributed by atoms with Gasteiger partial charge in [0.15, 0.2) is 0 Å². The highest BCUT2D eigenvalue weighted by Crippen LogP contribution is 2.28. The summed E-state index contributed by atoms with van der Waals surface area (Å²) in [7, 11) is 1.53. The first kappa shape index (κ1) is 109. The van der Waals surface area contributed by atoms with Gasteiger partial charge >= 0.3 is 17.9 Å². The highest BCUT2D eigenvalue weighted by atomic mass is 33.1. The quantitative estimate of drug-likeness (QED) is 0.0131. The normalized spacial score (nSPS) is 21.9. The molecule has 760 valence electrons. The van der Waals surface area contributed by atoms with Gasteiger partial charge in [-0.2, -0.15) is 0 Å². The number of rotatable bonds is 37. The van der Waals surface area contributed by atoms with E-state index in [1.807, 2.05) is 6.07 Å². The van der Waals surface area contributed by atoms with Crippen molar-refractivity contribution in [2.45, 2.75) is 177 Å². The van der Waals surface area contributed by atoms with E-state index in [1.165, 1.54) is 18.7 Å². The van der Waals surface area contributed by atoms with Gasteiger partial charge in [0, 0.05) is 157 Å². The highest BCUT2D eigenvalue weighted by Gasteiger charge is 2.43. The summed E-state index contributed by atoms with van der Waals surface area (Å²) in [5, 5.41) is 79.1. The van der Waals surface area contributed by atoms with Crippen molar-refractivity contribution in [2.24, 2.45) is 17.4 Å². The number of aliphatic carboxylic acids is 3. The van der Waals surface area contributed by atoms with Crippen molar-refractivity contribution in [1.82, 2.24) is 104 Å². The van der Waals surface area contributed by atoms with Gasteiger partial charge in [-0.3, -0.25) is 106 Å². The van der Waals surface area contributed by atoms with E-state index in [-0.39, 0.29) is 137 Å². The van der Waals surface area contributed by atoms with Crippen molar-refractivity contribution >= 4 is 161 Å². The van der Waals surface area contributed by atoms with E-state index in [1.54, 1.807) is 131 Å². The zero-order chi connectivity index (χ0) is 101. The van der Waals surface area contributed by atoms with Crippen molar-refractivity contribution in [2.75, 3.05) is 129 Å². The average Bonchev–Trinajstić information content (AvgIpc) is 1.69. The molecule has 15 amide bonds. The van der Waals surface area contributed by atoms with Gasteiger partial charge in [-0.1, -0.05) is 121 Å². The van der Waals surface area contributed by atoms with Crippen LogP contribution in [0.25, 0.3) is 32.6 Å². The summed E-state index contributed by atoms with van der Waals surface area (Å²) in [6.45, 7) is 7.35. The van der Waals surface area contributed by atoms with Crippen LogP contribution in [0.1, 0.15) is 95.8 Å². The maximum atomic E-state index is 15.7. The molecule has 47 heteroatoms. The molecule has 4 fully saturated rings. The fourth-order valence-electron chi connectivity index (χ4n) is 17.0. The molecule has 4 aliphatic rings. The molecule has 4 aliphatic heterocycles. The summed E-state index contributed by atoms with van der Waals surface area (Å²) in [6.07, 6.45) is -1.02. The molecule has 0 bridgehead atoms. The first-order valence-corrected chi connectivity index (χ1v) is 49.3. The van der Waals surface area contributed by atoms with Gasteiger partial charge in [-0.25, -0.2) is 0 Å². The first-order valence-electron chi connectivity index (χ1n) is 46.8. The fourth-order valence-corrected chi connectivity index (χ4v) is 19.3. The minimum absolute atomic E-state index is 0.0309. The van der Waals surface area contributed by atoms with Crippen LogP contribution in [-0.4, -0.2) is 369 Å². The Labute approximate surface area is 815 Å². The van der Waals surface area contributed by atoms with Crippen molar-refractivity contribution in [3.8, 4) is 0 Å². The van der Waals surface area contributed by atoms with Crippen LogP contribution in [0.15, 0.2) is 103 Å². The molecule has 0 spiro atoms. The number of benzene rings is 4. The first-order chi connectivity index (χ1) is 67.0. The van der Waals surface area contributed by atoms with Crippen LogP contribution in [0.3, 0.4) is 0 Å².